The van der Waals surface area contributed by atoms with Crippen molar-refractivity contribution >= 4 is 11.8 Å². The van der Waals surface area contributed by atoms with Crippen molar-refractivity contribution in [3.8, 4) is 5.75 Å². The van der Waals surface area contributed by atoms with Crippen molar-refractivity contribution in [1.29, 1.82) is 0 Å². The van der Waals surface area contributed by atoms with E-state index in [9.17, 15) is 9.59 Å². The summed E-state index contributed by atoms with van der Waals surface area (Å²) in [6, 6.07) is 16.4. The van der Waals surface area contributed by atoms with Gasteiger partial charge in [0.2, 0.25) is 5.91 Å². The largest absolute Gasteiger partial charge is 0.489 e. The predicted molar refractivity (Wildman–Crippen MR) is 107 cm³/mol. The van der Waals surface area contributed by atoms with Crippen molar-refractivity contribution in [3.63, 3.8) is 0 Å². The maximum atomic E-state index is 12.3. The Bertz CT molecular complexity index is 963. The fourth-order valence-corrected chi connectivity index (χ4v) is 2.71. The number of ether oxygens (including phenoxy) is 1. The molecule has 0 aliphatic heterocycles. The van der Waals surface area contributed by atoms with Gasteiger partial charge in [-0.05, 0) is 37.6 Å². The molecule has 0 radical (unpaired) electrons. The molecule has 150 valence electrons. The third kappa shape index (κ3) is 5.68. The number of rotatable bonds is 8. The minimum Gasteiger partial charge on any atom is -0.489 e. The third-order valence-corrected chi connectivity index (χ3v) is 4.40. The quantitative estimate of drug-likeness (QED) is 0.614. The molecule has 3 aromatic rings. The Labute approximate surface area is 169 Å². The van der Waals surface area contributed by atoms with Crippen LogP contribution in [0, 0.1) is 13.8 Å². The molecule has 0 bridgehead atoms. The zero-order valence-corrected chi connectivity index (χ0v) is 16.4. The summed E-state index contributed by atoms with van der Waals surface area (Å²) >= 11 is 0. The number of aromatic nitrogens is 1. The molecule has 0 atom stereocenters. The van der Waals surface area contributed by atoms with Crippen molar-refractivity contribution in [2.75, 3.05) is 6.54 Å². The third-order valence-electron chi connectivity index (χ3n) is 4.40. The van der Waals surface area contributed by atoms with E-state index in [1.54, 1.807) is 24.3 Å². The number of aryl methyl sites for hydroxylation is 2. The van der Waals surface area contributed by atoms with Gasteiger partial charge < -0.3 is 19.9 Å². The van der Waals surface area contributed by atoms with Gasteiger partial charge in [-0.25, -0.2) is 0 Å². The second-order valence-corrected chi connectivity index (χ2v) is 6.56. The standard InChI is InChI=1S/C22H23N3O4/c1-15-20(16(2)29-25-15)14-28-19-10-6-9-18(11-19)22(27)24-13-21(26)23-12-17-7-4-3-5-8-17/h3-11H,12-14H2,1-2H3,(H,23,26)(H,24,27). The summed E-state index contributed by atoms with van der Waals surface area (Å²) in [6.45, 7) is 4.29. The summed E-state index contributed by atoms with van der Waals surface area (Å²) in [5.74, 6) is 0.653. The molecule has 2 amide bonds. The number of hydrogen-bond donors (Lipinski definition) is 2. The van der Waals surface area contributed by atoms with Gasteiger partial charge in [0.25, 0.3) is 5.91 Å². The van der Waals surface area contributed by atoms with Gasteiger partial charge in [0, 0.05) is 12.1 Å². The molecule has 0 saturated heterocycles. The Morgan fingerprint density at radius 2 is 1.83 bits per heavy atom. The van der Waals surface area contributed by atoms with Crippen LogP contribution in [-0.2, 0) is 17.9 Å². The highest BCUT2D eigenvalue weighted by Crippen LogP contribution is 2.18. The molecule has 0 saturated carbocycles. The summed E-state index contributed by atoms with van der Waals surface area (Å²) in [6.07, 6.45) is 0. The average molecular weight is 393 g/mol. The van der Waals surface area contributed by atoms with E-state index in [2.05, 4.69) is 15.8 Å². The van der Waals surface area contributed by atoms with Crippen LogP contribution in [0.4, 0.5) is 0 Å². The molecule has 2 N–H and O–H groups in total. The molecule has 1 aromatic heterocycles. The Morgan fingerprint density at radius 3 is 2.55 bits per heavy atom. The van der Waals surface area contributed by atoms with E-state index >= 15 is 0 Å². The first-order valence-corrected chi connectivity index (χ1v) is 9.26. The monoisotopic (exact) mass is 393 g/mol. The fraction of sp³-hybridized carbons (Fsp3) is 0.227. The fourth-order valence-electron chi connectivity index (χ4n) is 2.71. The number of benzene rings is 2. The van der Waals surface area contributed by atoms with E-state index < -0.39 is 0 Å². The summed E-state index contributed by atoms with van der Waals surface area (Å²) in [7, 11) is 0. The van der Waals surface area contributed by atoms with E-state index in [1.807, 2.05) is 44.2 Å². The van der Waals surface area contributed by atoms with Crippen molar-refractivity contribution in [2.45, 2.75) is 27.0 Å². The van der Waals surface area contributed by atoms with Crippen LogP contribution < -0.4 is 15.4 Å². The highest BCUT2D eigenvalue weighted by molar-refractivity contribution is 5.96. The number of carbonyl (C=O) groups excluding carboxylic acids is 2. The van der Waals surface area contributed by atoms with Gasteiger partial charge in [-0.3, -0.25) is 9.59 Å². The molecule has 29 heavy (non-hydrogen) atoms. The van der Waals surface area contributed by atoms with Crippen LogP contribution in [0.15, 0.2) is 59.1 Å². The lowest BCUT2D eigenvalue weighted by atomic mass is 10.2. The molecule has 7 heteroatoms. The van der Waals surface area contributed by atoms with E-state index in [-0.39, 0.29) is 18.4 Å². The first-order chi connectivity index (χ1) is 14.0. The first kappa shape index (κ1) is 20.1. The van der Waals surface area contributed by atoms with Crippen molar-refractivity contribution in [1.82, 2.24) is 15.8 Å². The lowest BCUT2D eigenvalue weighted by Gasteiger charge is -2.09. The van der Waals surface area contributed by atoms with Crippen LogP contribution in [-0.4, -0.2) is 23.5 Å². The Morgan fingerprint density at radius 1 is 1.03 bits per heavy atom. The molecular formula is C22H23N3O4. The maximum absolute atomic E-state index is 12.3. The molecule has 0 aliphatic rings. The zero-order valence-electron chi connectivity index (χ0n) is 16.4. The molecule has 7 nitrogen and oxygen atoms in total. The van der Waals surface area contributed by atoms with Gasteiger partial charge >= 0.3 is 0 Å². The van der Waals surface area contributed by atoms with E-state index in [4.69, 9.17) is 9.26 Å². The van der Waals surface area contributed by atoms with Gasteiger partial charge in [-0.2, -0.15) is 0 Å². The minimum atomic E-state index is -0.345. The minimum absolute atomic E-state index is 0.101. The summed E-state index contributed by atoms with van der Waals surface area (Å²) < 4.78 is 10.9. The zero-order chi connectivity index (χ0) is 20.6. The molecule has 0 fully saturated rings. The molecule has 3 rings (SSSR count). The lowest BCUT2D eigenvalue weighted by molar-refractivity contribution is -0.120. The molecule has 0 aliphatic carbocycles. The molecule has 1 heterocycles. The van der Waals surface area contributed by atoms with Crippen LogP contribution in [0.3, 0.4) is 0 Å². The van der Waals surface area contributed by atoms with Gasteiger partial charge in [0.1, 0.15) is 18.1 Å². The number of carbonyl (C=O) groups is 2. The Kier molecular flexibility index (Phi) is 6.63. The summed E-state index contributed by atoms with van der Waals surface area (Å²) in [4.78, 5) is 24.3. The summed E-state index contributed by atoms with van der Waals surface area (Å²) in [5.41, 5.74) is 3.07. The van der Waals surface area contributed by atoms with Gasteiger partial charge in [-0.15, -0.1) is 0 Å². The number of amides is 2. The number of hydrogen-bond acceptors (Lipinski definition) is 5. The molecule has 2 aromatic carbocycles. The topological polar surface area (TPSA) is 93.5 Å². The van der Waals surface area contributed by atoms with Crippen molar-refractivity contribution < 1.29 is 18.8 Å². The second-order valence-electron chi connectivity index (χ2n) is 6.56. The number of nitrogens with one attached hydrogen (secondary N) is 2. The van der Waals surface area contributed by atoms with Crippen LogP contribution >= 0.6 is 0 Å². The average Bonchev–Trinajstić information content (AvgIpc) is 3.07. The smallest absolute Gasteiger partial charge is 0.251 e. The lowest BCUT2D eigenvalue weighted by Crippen LogP contribution is -2.36. The maximum Gasteiger partial charge on any atom is 0.251 e. The van der Waals surface area contributed by atoms with Crippen LogP contribution in [0.25, 0.3) is 0 Å². The predicted octanol–water partition coefficient (Wildman–Crippen LogP) is 2.92. The highest BCUT2D eigenvalue weighted by atomic mass is 16.5. The van der Waals surface area contributed by atoms with E-state index in [0.717, 1.165) is 16.8 Å². The number of nitrogens with zero attached hydrogens (tertiary/aromatic N) is 1. The van der Waals surface area contributed by atoms with Gasteiger partial charge in [0.15, 0.2) is 0 Å². The Balaban J connectivity index is 1.49. The highest BCUT2D eigenvalue weighted by Gasteiger charge is 2.12. The second kappa shape index (κ2) is 9.54. The summed E-state index contributed by atoms with van der Waals surface area (Å²) in [5, 5.41) is 9.28. The van der Waals surface area contributed by atoms with Crippen LogP contribution in [0.2, 0.25) is 0 Å². The van der Waals surface area contributed by atoms with Crippen LogP contribution in [0.1, 0.15) is 32.9 Å². The van der Waals surface area contributed by atoms with Gasteiger partial charge in [-0.1, -0.05) is 41.6 Å². The SMILES string of the molecule is Cc1noc(C)c1COc1cccc(C(=O)NCC(=O)NCc2ccccc2)c1. The van der Waals surface area contributed by atoms with E-state index in [1.165, 1.54) is 0 Å². The van der Waals surface area contributed by atoms with E-state index in [0.29, 0.717) is 30.2 Å². The van der Waals surface area contributed by atoms with Crippen LogP contribution in [0.5, 0.6) is 5.75 Å². The first-order valence-electron chi connectivity index (χ1n) is 9.26. The van der Waals surface area contributed by atoms with Crippen molar-refractivity contribution in [3.05, 3.63) is 82.7 Å². The normalized spacial score (nSPS) is 10.4. The molecule has 0 spiro atoms. The Hall–Kier alpha value is -3.61. The molecular weight excluding hydrogens is 370 g/mol. The van der Waals surface area contributed by atoms with Crippen molar-refractivity contribution in [2.24, 2.45) is 0 Å². The molecule has 0 unspecified atom stereocenters. The van der Waals surface area contributed by atoms with Gasteiger partial charge in [0.05, 0.1) is 17.8 Å².